The second-order valence-corrected chi connectivity index (χ2v) is 6.42. The third-order valence-corrected chi connectivity index (χ3v) is 4.46. The van der Waals surface area contributed by atoms with E-state index in [0.717, 1.165) is 6.42 Å². The van der Waals surface area contributed by atoms with Crippen LogP contribution in [0.15, 0.2) is 9.59 Å². The van der Waals surface area contributed by atoms with Crippen LogP contribution in [0.4, 0.5) is 5.82 Å². The predicted octanol–water partition coefficient (Wildman–Crippen LogP) is -0.0134. The summed E-state index contributed by atoms with van der Waals surface area (Å²) >= 11 is 0. The summed E-state index contributed by atoms with van der Waals surface area (Å²) in [5.74, 6) is -1.11. The van der Waals surface area contributed by atoms with E-state index in [1.165, 1.54) is 4.57 Å². The third kappa shape index (κ3) is 4.40. The van der Waals surface area contributed by atoms with E-state index in [1.54, 1.807) is 6.92 Å². The van der Waals surface area contributed by atoms with Gasteiger partial charge in [0.15, 0.2) is 5.78 Å². The Kier molecular flexibility index (Phi) is 6.73. The lowest BCUT2D eigenvalue weighted by atomic mass is 9.97. The van der Waals surface area contributed by atoms with Crippen molar-refractivity contribution in [3.63, 3.8) is 0 Å². The number of anilines is 1. The van der Waals surface area contributed by atoms with E-state index in [-0.39, 0.29) is 29.8 Å². The number of ketones is 1. The molecule has 9 nitrogen and oxygen atoms in total. The number of carbonyl (C=O) groups is 2. The van der Waals surface area contributed by atoms with Crippen LogP contribution in [0.2, 0.25) is 0 Å². The Morgan fingerprint density at radius 3 is 2.69 bits per heavy atom. The first kappa shape index (κ1) is 19.9. The number of rotatable bonds is 7. The van der Waals surface area contributed by atoms with Gasteiger partial charge in [0.25, 0.3) is 5.56 Å². The van der Waals surface area contributed by atoms with Gasteiger partial charge in [0.05, 0.1) is 19.1 Å². The van der Waals surface area contributed by atoms with Crippen LogP contribution in [-0.4, -0.2) is 52.4 Å². The van der Waals surface area contributed by atoms with Crippen LogP contribution in [-0.2, 0) is 16.1 Å². The number of piperidine rings is 1. The molecule has 1 saturated heterocycles. The number of H-pyrrole nitrogens is 1. The SMILES string of the molecule is CCCn1c(N)c(C(=O)CN2CCC[C@H](C(=O)OCC)C2)c(=O)[nH]c1=O. The first-order valence-electron chi connectivity index (χ1n) is 8.93. The summed E-state index contributed by atoms with van der Waals surface area (Å²) in [5, 5.41) is 0. The van der Waals surface area contributed by atoms with E-state index in [9.17, 15) is 19.2 Å². The molecule has 3 N–H and O–H groups in total. The van der Waals surface area contributed by atoms with Crippen molar-refractivity contribution in [2.75, 3.05) is 32.0 Å². The van der Waals surface area contributed by atoms with E-state index in [2.05, 4.69) is 4.98 Å². The number of likely N-dealkylation sites (tertiary alicyclic amines) is 1. The molecule has 2 rings (SSSR count). The van der Waals surface area contributed by atoms with Crippen molar-refractivity contribution >= 4 is 17.6 Å². The average molecular weight is 366 g/mol. The van der Waals surface area contributed by atoms with Gasteiger partial charge in [-0.1, -0.05) is 6.92 Å². The summed E-state index contributed by atoms with van der Waals surface area (Å²) in [6.07, 6.45) is 2.11. The van der Waals surface area contributed by atoms with Crippen LogP contribution in [0.5, 0.6) is 0 Å². The molecule has 2 heterocycles. The first-order chi connectivity index (χ1) is 12.4. The van der Waals surface area contributed by atoms with Crippen LogP contribution in [0.25, 0.3) is 0 Å². The van der Waals surface area contributed by atoms with Crippen molar-refractivity contribution in [3.05, 3.63) is 26.4 Å². The topological polar surface area (TPSA) is 127 Å². The molecule has 26 heavy (non-hydrogen) atoms. The number of carbonyl (C=O) groups excluding carboxylic acids is 2. The predicted molar refractivity (Wildman–Crippen MR) is 96.2 cm³/mol. The molecule has 0 radical (unpaired) electrons. The summed E-state index contributed by atoms with van der Waals surface area (Å²) < 4.78 is 6.25. The Morgan fingerprint density at radius 2 is 2.04 bits per heavy atom. The van der Waals surface area contributed by atoms with Crippen molar-refractivity contribution in [3.8, 4) is 0 Å². The number of nitrogens with one attached hydrogen (secondary N) is 1. The van der Waals surface area contributed by atoms with Gasteiger partial charge in [-0.05, 0) is 32.7 Å². The normalized spacial score (nSPS) is 17.8. The maximum Gasteiger partial charge on any atom is 0.329 e. The highest BCUT2D eigenvalue weighted by Gasteiger charge is 2.29. The van der Waals surface area contributed by atoms with Gasteiger partial charge in [0.1, 0.15) is 11.4 Å². The molecule has 1 atom stereocenters. The molecule has 0 aromatic carbocycles. The third-order valence-electron chi connectivity index (χ3n) is 4.46. The second kappa shape index (κ2) is 8.79. The van der Waals surface area contributed by atoms with Crippen molar-refractivity contribution in [2.24, 2.45) is 5.92 Å². The minimum atomic E-state index is -0.774. The Balaban J connectivity index is 2.17. The number of nitrogens with two attached hydrogens (primary N) is 1. The summed E-state index contributed by atoms with van der Waals surface area (Å²) in [6, 6.07) is 0. The average Bonchev–Trinajstić information content (AvgIpc) is 2.59. The van der Waals surface area contributed by atoms with Crippen molar-refractivity contribution in [2.45, 2.75) is 39.7 Å². The highest BCUT2D eigenvalue weighted by atomic mass is 16.5. The molecule has 1 aromatic heterocycles. The van der Waals surface area contributed by atoms with E-state index >= 15 is 0 Å². The standard InChI is InChI=1S/C17H26N4O5/c1-3-7-21-14(18)13(15(23)19-17(21)25)12(22)10-20-8-5-6-11(9-20)16(24)26-4-2/h11H,3-10,18H2,1-2H3,(H,19,23,25)/t11-/m0/s1. The van der Waals surface area contributed by atoms with Crippen LogP contribution in [0.1, 0.15) is 43.5 Å². The fourth-order valence-electron chi connectivity index (χ4n) is 3.24. The maximum absolute atomic E-state index is 12.7. The van der Waals surface area contributed by atoms with Crippen LogP contribution < -0.4 is 17.0 Å². The summed E-state index contributed by atoms with van der Waals surface area (Å²) in [6.45, 7) is 5.26. The highest BCUT2D eigenvalue weighted by molar-refractivity contribution is 6.01. The van der Waals surface area contributed by atoms with Gasteiger partial charge in [0.2, 0.25) is 0 Å². The Bertz CT molecular complexity index is 782. The lowest BCUT2D eigenvalue weighted by molar-refractivity contribution is -0.149. The lowest BCUT2D eigenvalue weighted by Gasteiger charge is -2.30. The zero-order chi connectivity index (χ0) is 19.3. The summed E-state index contributed by atoms with van der Waals surface area (Å²) in [5.41, 5.74) is 4.33. The molecule has 1 fully saturated rings. The molecule has 0 spiro atoms. The van der Waals surface area contributed by atoms with Crippen molar-refractivity contribution in [1.29, 1.82) is 0 Å². The van der Waals surface area contributed by atoms with E-state index < -0.39 is 17.0 Å². The molecular formula is C17H26N4O5. The Morgan fingerprint density at radius 1 is 1.31 bits per heavy atom. The number of nitrogen functional groups attached to an aromatic ring is 1. The number of nitrogens with zero attached hydrogens (tertiary/aromatic N) is 2. The number of aromatic amines is 1. The van der Waals surface area contributed by atoms with Gasteiger partial charge in [-0.25, -0.2) is 4.79 Å². The lowest BCUT2D eigenvalue weighted by Crippen LogP contribution is -2.44. The largest absolute Gasteiger partial charge is 0.466 e. The molecule has 0 saturated carbocycles. The summed E-state index contributed by atoms with van der Waals surface area (Å²) in [4.78, 5) is 52.5. The van der Waals surface area contributed by atoms with Crippen LogP contribution in [0, 0.1) is 5.92 Å². The fourth-order valence-corrected chi connectivity index (χ4v) is 3.24. The van der Waals surface area contributed by atoms with Gasteiger partial charge >= 0.3 is 11.7 Å². The fraction of sp³-hybridized carbons (Fsp3) is 0.647. The minimum absolute atomic E-state index is 0.0342. The number of hydrogen-bond acceptors (Lipinski definition) is 7. The molecule has 1 aliphatic rings. The summed E-state index contributed by atoms with van der Waals surface area (Å²) in [7, 11) is 0. The number of hydrogen-bond donors (Lipinski definition) is 2. The van der Waals surface area contributed by atoms with Crippen LogP contribution >= 0.6 is 0 Å². The molecule has 144 valence electrons. The van der Waals surface area contributed by atoms with Gasteiger partial charge in [0, 0.05) is 13.1 Å². The molecular weight excluding hydrogens is 340 g/mol. The number of Topliss-reactive ketones (excluding diaryl/α,β-unsaturated/α-hetero) is 1. The van der Waals surface area contributed by atoms with E-state index in [0.29, 0.717) is 39.1 Å². The molecule has 0 bridgehead atoms. The molecule has 0 aliphatic carbocycles. The van der Waals surface area contributed by atoms with Crippen LogP contribution in [0.3, 0.4) is 0 Å². The smallest absolute Gasteiger partial charge is 0.329 e. The highest BCUT2D eigenvalue weighted by Crippen LogP contribution is 2.18. The monoisotopic (exact) mass is 366 g/mol. The number of esters is 1. The number of ether oxygens (including phenoxy) is 1. The molecule has 1 aromatic rings. The Hall–Kier alpha value is -2.42. The van der Waals surface area contributed by atoms with Crippen molar-refractivity contribution in [1.82, 2.24) is 14.5 Å². The quantitative estimate of drug-likeness (QED) is 0.513. The van der Waals surface area contributed by atoms with Gasteiger partial charge < -0.3 is 10.5 Å². The van der Waals surface area contributed by atoms with Crippen molar-refractivity contribution < 1.29 is 14.3 Å². The molecule has 1 aliphatic heterocycles. The van der Waals surface area contributed by atoms with Gasteiger partial charge in [-0.15, -0.1) is 0 Å². The Labute approximate surface area is 151 Å². The molecule has 9 heteroatoms. The number of aromatic nitrogens is 2. The second-order valence-electron chi connectivity index (χ2n) is 6.42. The van der Waals surface area contributed by atoms with E-state index in [4.69, 9.17) is 10.5 Å². The maximum atomic E-state index is 12.7. The molecule has 0 amide bonds. The first-order valence-corrected chi connectivity index (χ1v) is 8.93. The zero-order valence-corrected chi connectivity index (χ0v) is 15.2. The van der Waals surface area contributed by atoms with Gasteiger partial charge in [-0.3, -0.25) is 28.8 Å². The zero-order valence-electron chi connectivity index (χ0n) is 15.2. The van der Waals surface area contributed by atoms with E-state index in [1.807, 2.05) is 11.8 Å². The molecule has 0 unspecified atom stereocenters. The van der Waals surface area contributed by atoms with Gasteiger partial charge in [-0.2, -0.15) is 0 Å². The minimum Gasteiger partial charge on any atom is -0.466 e.